The van der Waals surface area contributed by atoms with Crippen LogP contribution in [0.3, 0.4) is 0 Å². The molecule has 192 valence electrons. The molecule has 2 N–H and O–H groups in total. The van der Waals surface area contributed by atoms with Crippen molar-refractivity contribution in [1.82, 2.24) is 15.1 Å². The van der Waals surface area contributed by atoms with E-state index in [1.807, 2.05) is 36.4 Å². The molecule has 0 bridgehead atoms. The van der Waals surface area contributed by atoms with Crippen LogP contribution in [-0.2, 0) is 16.0 Å². The van der Waals surface area contributed by atoms with Gasteiger partial charge in [0.1, 0.15) is 0 Å². The van der Waals surface area contributed by atoms with Crippen molar-refractivity contribution < 1.29 is 22.7 Å². The summed E-state index contributed by atoms with van der Waals surface area (Å²) in [5.74, 6) is -0.310. The molecule has 2 aromatic rings. The van der Waals surface area contributed by atoms with Gasteiger partial charge in [0.25, 0.3) is 0 Å². The van der Waals surface area contributed by atoms with E-state index in [9.17, 15) is 9.59 Å². The van der Waals surface area contributed by atoms with Gasteiger partial charge in [-0.1, -0.05) is 43.2 Å². The average Bonchev–Trinajstić information content (AvgIpc) is 3.48. The van der Waals surface area contributed by atoms with Gasteiger partial charge in [-0.05, 0) is 48.7 Å². The van der Waals surface area contributed by atoms with Gasteiger partial charge < -0.3 is 28.2 Å². The Kier molecular flexibility index (Phi) is 6.95. The highest BCUT2D eigenvalue weighted by molar-refractivity contribution is 6.58. The number of amides is 2. The highest BCUT2D eigenvalue weighted by Gasteiger charge is 2.52. The lowest BCUT2D eigenvalue weighted by atomic mass is 9.89. The topological polar surface area (TPSA) is 66.1 Å². The molecule has 0 spiro atoms. The van der Waals surface area contributed by atoms with Crippen molar-refractivity contribution in [2.45, 2.75) is 57.5 Å². The van der Waals surface area contributed by atoms with Gasteiger partial charge >= 0.3 is 6.97 Å². The fourth-order valence-corrected chi connectivity index (χ4v) is 5.57. The van der Waals surface area contributed by atoms with Gasteiger partial charge in [0.15, 0.2) is 11.4 Å². The second kappa shape index (κ2) is 10.3. The SMILES string of the molecule is CC(=O)N[C@@H]1CCCC[C@@H]1NC(=O)CCc1ccc2n1[B-](F)(F)[N+]1=C(/C=C/c3ccccc3)C=CC1=C2. The predicted octanol–water partition coefficient (Wildman–Crippen LogP) is 4.30. The average molecular weight is 504 g/mol. The van der Waals surface area contributed by atoms with Crippen LogP contribution in [0.2, 0.25) is 0 Å². The summed E-state index contributed by atoms with van der Waals surface area (Å²) in [6.07, 6.45) is 12.6. The van der Waals surface area contributed by atoms with Crippen LogP contribution in [0.1, 0.15) is 56.0 Å². The zero-order chi connectivity index (χ0) is 26.0. The second-order valence-electron chi connectivity index (χ2n) is 9.91. The first-order chi connectivity index (χ1) is 17.8. The molecule has 1 aromatic carbocycles. The largest absolute Gasteiger partial charge is 0.737 e. The normalized spacial score (nSPS) is 22.0. The van der Waals surface area contributed by atoms with Crippen molar-refractivity contribution >= 4 is 36.6 Å². The fraction of sp³-hybridized carbons (Fsp3) is 0.321. The maximum atomic E-state index is 16.0. The lowest BCUT2D eigenvalue weighted by Crippen LogP contribution is -2.53. The van der Waals surface area contributed by atoms with Crippen LogP contribution in [-0.4, -0.2) is 45.5 Å². The molecule has 2 aliphatic heterocycles. The Labute approximate surface area is 215 Å². The molecule has 37 heavy (non-hydrogen) atoms. The third-order valence-electron chi connectivity index (χ3n) is 7.29. The summed E-state index contributed by atoms with van der Waals surface area (Å²) < 4.78 is 34.1. The van der Waals surface area contributed by atoms with Crippen LogP contribution in [0.15, 0.2) is 66.4 Å². The van der Waals surface area contributed by atoms with Crippen LogP contribution in [0.4, 0.5) is 8.63 Å². The summed E-state index contributed by atoms with van der Waals surface area (Å²) in [6.45, 7) is -2.66. The van der Waals surface area contributed by atoms with Gasteiger partial charge in [0.05, 0.1) is 0 Å². The highest BCUT2D eigenvalue weighted by atomic mass is 19.2. The monoisotopic (exact) mass is 504 g/mol. The van der Waals surface area contributed by atoms with E-state index < -0.39 is 6.97 Å². The number of rotatable bonds is 7. The number of carbonyl (C=O) groups is 2. The molecule has 2 amide bonds. The van der Waals surface area contributed by atoms with Crippen LogP contribution in [0, 0.1) is 0 Å². The predicted molar refractivity (Wildman–Crippen MR) is 142 cm³/mol. The zero-order valence-electron chi connectivity index (χ0n) is 20.9. The number of benzene rings is 1. The molecule has 9 heteroatoms. The Morgan fingerprint density at radius 1 is 1.03 bits per heavy atom. The maximum Gasteiger partial charge on any atom is 0.737 e. The van der Waals surface area contributed by atoms with Crippen molar-refractivity contribution in [2.24, 2.45) is 0 Å². The van der Waals surface area contributed by atoms with Crippen molar-refractivity contribution in [3.8, 4) is 0 Å². The molecule has 1 aliphatic carbocycles. The minimum Gasteiger partial charge on any atom is -0.394 e. The van der Waals surface area contributed by atoms with Crippen molar-refractivity contribution in [2.75, 3.05) is 0 Å². The van der Waals surface area contributed by atoms with Crippen molar-refractivity contribution in [3.63, 3.8) is 0 Å². The molecule has 1 saturated carbocycles. The quantitative estimate of drug-likeness (QED) is 0.553. The minimum absolute atomic E-state index is 0.0898. The first-order valence-corrected chi connectivity index (χ1v) is 12.9. The standard InChI is InChI=1S/C28H31BF2N4O2/c1-20(36)32-26-9-5-6-10-27(26)33-28(37)18-17-23-14-16-25-19-24-15-13-22(34(24)29(30,31)35(23)25)12-11-21-7-3-2-4-8-21/h2-4,7-8,11-16,19,26-27H,5-6,9-10,17-18H2,1H3,(H,32,36)(H,33,37)/b12-11+/t26-,27+/m1/s1. The molecule has 2 atom stereocenters. The third-order valence-corrected chi connectivity index (χ3v) is 7.29. The maximum absolute atomic E-state index is 16.0. The summed E-state index contributed by atoms with van der Waals surface area (Å²) in [5.41, 5.74) is 2.66. The van der Waals surface area contributed by atoms with E-state index in [0.29, 0.717) is 22.8 Å². The number of aromatic nitrogens is 1. The summed E-state index contributed by atoms with van der Waals surface area (Å²) in [5, 5.41) is 5.95. The number of hydrogen-bond acceptors (Lipinski definition) is 2. The van der Waals surface area contributed by atoms with E-state index in [1.165, 1.54) is 6.92 Å². The first-order valence-electron chi connectivity index (χ1n) is 12.9. The van der Waals surface area contributed by atoms with Crippen LogP contribution in [0.25, 0.3) is 12.2 Å². The van der Waals surface area contributed by atoms with Crippen molar-refractivity contribution in [3.05, 3.63) is 83.3 Å². The second-order valence-corrected chi connectivity index (χ2v) is 9.91. The molecule has 1 fully saturated rings. The Bertz CT molecular complexity index is 1330. The summed E-state index contributed by atoms with van der Waals surface area (Å²) >= 11 is 0. The van der Waals surface area contributed by atoms with Gasteiger partial charge in [-0.2, -0.15) is 0 Å². The fourth-order valence-electron chi connectivity index (χ4n) is 5.57. The van der Waals surface area contributed by atoms with E-state index in [1.54, 1.807) is 36.4 Å². The van der Waals surface area contributed by atoms with Gasteiger partial charge in [-0.3, -0.25) is 9.59 Å². The van der Waals surface area contributed by atoms with Gasteiger partial charge in [0.2, 0.25) is 11.8 Å². The Morgan fingerprint density at radius 2 is 1.76 bits per heavy atom. The summed E-state index contributed by atoms with van der Waals surface area (Å²) in [6, 6.07) is 12.7. The summed E-state index contributed by atoms with van der Waals surface area (Å²) in [7, 11) is 0. The van der Waals surface area contributed by atoms with E-state index >= 15 is 8.63 Å². The molecule has 3 aliphatic rings. The number of aryl methyl sites for hydroxylation is 1. The van der Waals surface area contributed by atoms with Crippen LogP contribution in [0.5, 0.6) is 0 Å². The number of fused-ring (bicyclic) bond motifs is 2. The van der Waals surface area contributed by atoms with E-state index in [0.717, 1.165) is 40.2 Å². The van der Waals surface area contributed by atoms with E-state index in [2.05, 4.69) is 10.6 Å². The third kappa shape index (κ3) is 5.21. The van der Waals surface area contributed by atoms with Gasteiger partial charge in [-0.15, -0.1) is 0 Å². The Hall–Kier alpha value is -3.75. The number of nitrogens with zero attached hydrogens (tertiary/aromatic N) is 2. The van der Waals surface area contributed by atoms with Crippen molar-refractivity contribution in [1.29, 1.82) is 0 Å². The molecule has 0 unspecified atom stereocenters. The molecular weight excluding hydrogens is 473 g/mol. The number of halogens is 2. The lowest BCUT2D eigenvalue weighted by Gasteiger charge is -2.32. The molecular formula is C28H31BF2N4O2. The smallest absolute Gasteiger partial charge is 0.394 e. The molecule has 0 radical (unpaired) electrons. The molecule has 1 aromatic heterocycles. The highest BCUT2D eigenvalue weighted by Crippen LogP contribution is 2.33. The number of allylic oxidation sites excluding steroid dienone is 3. The number of hydrogen-bond donors (Lipinski definition) is 2. The Morgan fingerprint density at radius 3 is 2.49 bits per heavy atom. The van der Waals surface area contributed by atoms with Crippen LogP contribution < -0.4 is 10.6 Å². The number of nitrogens with one attached hydrogen (secondary N) is 2. The van der Waals surface area contributed by atoms with Gasteiger partial charge in [0, 0.05) is 55.4 Å². The van der Waals surface area contributed by atoms with Gasteiger partial charge in [-0.25, -0.2) is 0 Å². The Balaban J connectivity index is 1.31. The van der Waals surface area contributed by atoms with E-state index in [4.69, 9.17) is 0 Å². The lowest BCUT2D eigenvalue weighted by molar-refractivity contribution is -0.360. The van der Waals surface area contributed by atoms with Crippen LogP contribution >= 0.6 is 0 Å². The molecule has 5 rings (SSSR count). The molecule has 6 nitrogen and oxygen atoms in total. The molecule has 3 heterocycles. The number of carbonyl (C=O) groups excluding carboxylic acids is 2. The first kappa shape index (κ1) is 24.9. The zero-order valence-corrected chi connectivity index (χ0v) is 20.9. The minimum atomic E-state index is -4.14. The summed E-state index contributed by atoms with van der Waals surface area (Å²) in [4.78, 5) is 24.3. The molecule has 0 saturated heterocycles. The van der Waals surface area contributed by atoms with E-state index in [-0.39, 0.29) is 36.7 Å².